The highest BCUT2D eigenvalue weighted by Gasteiger charge is 2.22. The lowest BCUT2D eigenvalue weighted by atomic mass is 9.98. The number of aromatic nitrogens is 4. The van der Waals surface area contributed by atoms with Crippen LogP contribution < -0.4 is 10.6 Å². The number of hydrogen-bond donors (Lipinski definition) is 3. The van der Waals surface area contributed by atoms with Crippen molar-refractivity contribution in [2.75, 3.05) is 18.4 Å². The van der Waals surface area contributed by atoms with Gasteiger partial charge in [0.05, 0.1) is 0 Å². The molecule has 8 heteroatoms. The molecule has 3 aromatic rings. The van der Waals surface area contributed by atoms with Gasteiger partial charge in [-0.15, -0.1) is 0 Å². The summed E-state index contributed by atoms with van der Waals surface area (Å²) in [6.45, 7) is 1.90. The van der Waals surface area contributed by atoms with Crippen molar-refractivity contribution in [3.8, 4) is 0 Å². The second-order valence-corrected chi connectivity index (χ2v) is 6.28. The minimum absolute atomic E-state index is 0.284. The Labute approximate surface area is 143 Å². The van der Waals surface area contributed by atoms with E-state index in [0.29, 0.717) is 22.8 Å². The Morgan fingerprint density at radius 3 is 2.92 bits per heavy atom. The predicted molar refractivity (Wildman–Crippen MR) is 92.1 cm³/mol. The summed E-state index contributed by atoms with van der Waals surface area (Å²) in [5, 5.41) is 10.9. The van der Waals surface area contributed by atoms with Crippen molar-refractivity contribution in [3.05, 3.63) is 41.6 Å². The molecule has 1 fully saturated rings. The summed E-state index contributed by atoms with van der Waals surface area (Å²) in [5.41, 5.74) is 0.866. The topological polar surface area (TPSA) is 87.6 Å². The number of aromatic amines is 1. The molecule has 4 rings (SSSR count). The van der Waals surface area contributed by atoms with Crippen LogP contribution in [0.4, 0.5) is 10.3 Å². The van der Waals surface area contributed by atoms with E-state index in [1.807, 2.05) is 0 Å². The monoisotopic (exact) mass is 342 g/mol. The van der Waals surface area contributed by atoms with E-state index in [4.69, 9.17) is 0 Å². The number of benzene rings is 1. The van der Waals surface area contributed by atoms with Gasteiger partial charge in [0.15, 0.2) is 5.82 Å². The zero-order valence-electron chi connectivity index (χ0n) is 13.8. The number of carbonyl (C=O) groups is 1. The highest BCUT2D eigenvalue weighted by molar-refractivity contribution is 6.05. The minimum atomic E-state index is -0.372. The van der Waals surface area contributed by atoms with Gasteiger partial charge in [0.25, 0.3) is 5.91 Å². The Morgan fingerprint density at radius 2 is 2.16 bits per heavy atom. The number of rotatable bonds is 3. The van der Waals surface area contributed by atoms with E-state index in [9.17, 15) is 9.18 Å². The molecule has 2 aromatic heterocycles. The van der Waals surface area contributed by atoms with E-state index in [1.165, 1.54) is 12.1 Å². The summed E-state index contributed by atoms with van der Waals surface area (Å²) in [6, 6.07) is 6.20. The summed E-state index contributed by atoms with van der Waals surface area (Å²) in [7, 11) is 1.75. The van der Waals surface area contributed by atoms with E-state index < -0.39 is 0 Å². The molecule has 1 saturated heterocycles. The quantitative estimate of drug-likeness (QED) is 0.681. The van der Waals surface area contributed by atoms with Gasteiger partial charge < -0.3 is 10.3 Å². The molecule has 25 heavy (non-hydrogen) atoms. The van der Waals surface area contributed by atoms with Gasteiger partial charge in [0.2, 0.25) is 5.95 Å². The van der Waals surface area contributed by atoms with Crippen LogP contribution in [0.15, 0.2) is 24.3 Å². The van der Waals surface area contributed by atoms with Crippen molar-refractivity contribution in [1.29, 1.82) is 0 Å². The van der Waals surface area contributed by atoms with E-state index in [-0.39, 0.29) is 17.4 Å². The molecular weight excluding hydrogens is 323 g/mol. The van der Waals surface area contributed by atoms with E-state index in [0.717, 1.165) is 31.8 Å². The summed E-state index contributed by atoms with van der Waals surface area (Å²) in [6.07, 6.45) is 1.97. The van der Waals surface area contributed by atoms with Gasteiger partial charge in [-0.1, -0.05) is 6.07 Å². The Kier molecular flexibility index (Phi) is 3.96. The predicted octanol–water partition coefficient (Wildman–Crippen LogP) is 2.15. The third-order valence-electron chi connectivity index (χ3n) is 4.56. The summed E-state index contributed by atoms with van der Waals surface area (Å²) >= 11 is 0. The van der Waals surface area contributed by atoms with Crippen molar-refractivity contribution in [2.24, 2.45) is 7.05 Å². The van der Waals surface area contributed by atoms with Gasteiger partial charge in [-0.2, -0.15) is 10.1 Å². The Morgan fingerprint density at radius 1 is 1.36 bits per heavy atom. The molecule has 0 atom stereocenters. The number of amides is 1. The average Bonchev–Trinajstić information content (AvgIpc) is 3.21. The molecule has 130 valence electrons. The van der Waals surface area contributed by atoms with Crippen LogP contribution in [0, 0.1) is 5.82 Å². The maximum atomic E-state index is 13.8. The van der Waals surface area contributed by atoms with Crippen LogP contribution in [-0.4, -0.2) is 38.7 Å². The van der Waals surface area contributed by atoms with E-state index in [2.05, 4.69) is 25.7 Å². The van der Waals surface area contributed by atoms with Crippen molar-refractivity contribution in [3.63, 3.8) is 0 Å². The number of anilines is 1. The number of halogens is 1. The lowest BCUT2D eigenvalue weighted by Gasteiger charge is -2.19. The van der Waals surface area contributed by atoms with Gasteiger partial charge in [0.1, 0.15) is 11.5 Å². The fraction of sp³-hybridized carbons (Fsp3) is 0.353. The zero-order valence-corrected chi connectivity index (χ0v) is 13.8. The van der Waals surface area contributed by atoms with Gasteiger partial charge in [-0.25, -0.2) is 9.07 Å². The van der Waals surface area contributed by atoms with Crippen LogP contribution >= 0.6 is 0 Å². The maximum Gasteiger partial charge on any atom is 0.274 e. The smallest absolute Gasteiger partial charge is 0.274 e. The number of H-pyrrole nitrogens is 1. The van der Waals surface area contributed by atoms with Crippen molar-refractivity contribution in [2.45, 2.75) is 18.8 Å². The van der Waals surface area contributed by atoms with Crippen LogP contribution in [0.2, 0.25) is 0 Å². The first kappa shape index (κ1) is 15.8. The molecule has 1 aromatic carbocycles. The SMILES string of the molecule is Cn1nc(C2CCNCC2)nc1NC(=O)c1cc2c(F)cccc2[nH]1. The first-order chi connectivity index (χ1) is 12.1. The molecule has 0 saturated carbocycles. The van der Waals surface area contributed by atoms with Crippen LogP contribution in [-0.2, 0) is 7.05 Å². The normalized spacial score (nSPS) is 15.6. The number of nitrogens with zero attached hydrogens (tertiary/aromatic N) is 3. The molecule has 0 bridgehead atoms. The Balaban J connectivity index is 1.55. The highest BCUT2D eigenvalue weighted by Crippen LogP contribution is 2.24. The second-order valence-electron chi connectivity index (χ2n) is 6.28. The fourth-order valence-corrected chi connectivity index (χ4v) is 3.18. The third kappa shape index (κ3) is 3.00. The molecule has 1 aliphatic heterocycles. The molecule has 3 heterocycles. The summed E-state index contributed by atoms with van der Waals surface area (Å²) in [4.78, 5) is 19.9. The van der Waals surface area contributed by atoms with Crippen LogP contribution in [0.25, 0.3) is 10.9 Å². The highest BCUT2D eigenvalue weighted by atomic mass is 19.1. The largest absolute Gasteiger partial charge is 0.350 e. The van der Waals surface area contributed by atoms with Crippen LogP contribution in [0.3, 0.4) is 0 Å². The lowest BCUT2D eigenvalue weighted by Crippen LogP contribution is -2.27. The lowest BCUT2D eigenvalue weighted by molar-refractivity contribution is 0.102. The van der Waals surface area contributed by atoms with Crippen molar-refractivity contribution >= 4 is 22.8 Å². The number of fused-ring (bicyclic) bond motifs is 1. The molecule has 0 aliphatic carbocycles. The van der Waals surface area contributed by atoms with Gasteiger partial charge in [-0.05, 0) is 44.1 Å². The minimum Gasteiger partial charge on any atom is -0.350 e. The van der Waals surface area contributed by atoms with Gasteiger partial charge >= 0.3 is 0 Å². The molecule has 0 radical (unpaired) electrons. The van der Waals surface area contributed by atoms with Gasteiger partial charge in [-0.3, -0.25) is 10.1 Å². The van der Waals surface area contributed by atoms with Gasteiger partial charge in [0, 0.05) is 23.9 Å². The molecule has 1 amide bonds. The molecule has 0 unspecified atom stereocenters. The first-order valence-corrected chi connectivity index (χ1v) is 8.32. The second kappa shape index (κ2) is 6.29. The van der Waals surface area contributed by atoms with Crippen molar-refractivity contribution < 1.29 is 9.18 Å². The zero-order chi connectivity index (χ0) is 17.4. The van der Waals surface area contributed by atoms with Crippen molar-refractivity contribution in [1.82, 2.24) is 25.1 Å². The Bertz CT molecular complexity index is 925. The number of piperidine rings is 1. The van der Waals surface area contributed by atoms with Crippen LogP contribution in [0.5, 0.6) is 0 Å². The fourth-order valence-electron chi connectivity index (χ4n) is 3.18. The summed E-state index contributed by atoms with van der Waals surface area (Å²) in [5.74, 6) is 0.711. The van der Waals surface area contributed by atoms with Crippen LogP contribution in [0.1, 0.15) is 35.1 Å². The number of carbonyl (C=O) groups excluding carboxylic acids is 1. The average molecular weight is 342 g/mol. The number of aryl methyl sites for hydroxylation is 1. The number of hydrogen-bond acceptors (Lipinski definition) is 4. The molecule has 0 spiro atoms. The van der Waals surface area contributed by atoms with E-state index in [1.54, 1.807) is 23.9 Å². The maximum absolute atomic E-state index is 13.8. The first-order valence-electron chi connectivity index (χ1n) is 8.32. The summed E-state index contributed by atoms with van der Waals surface area (Å²) < 4.78 is 15.3. The van der Waals surface area contributed by atoms with E-state index >= 15 is 0 Å². The molecule has 1 aliphatic rings. The third-order valence-corrected chi connectivity index (χ3v) is 4.56. The standard InChI is InChI=1S/C17H19FN6O/c1-24-17(21-15(23-24)10-5-7-19-8-6-10)22-16(25)14-9-11-12(18)3-2-4-13(11)20-14/h2-4,9-10,19-20H,5-8H2,1H3,(H,21,22,23,25). The molecule has 7 nitrogen and oxygen atoms in total. The molecular formula is C17H19FN6O. The Hall–Kier alpha value is -2.74. The molecule has 3 N–H and O–H groups in total. The number of nitrogens with one attached hydrogen (secondary N) is 3.